The summed E-state index contributed by atoms with van der Waals surface area (Å²) < 4.78 is 5.57. The average molecular weight is 572 g/mol. The van der Waals surface area contributed by atoms with E-state index in [0.717, 1.165) is 81.2 Å². The van der Waals surface area contributed by atoms with Crippen molar-refractivity contribution < 1.29 is 9.52 Å². The molecule has 0 aromatic carbocycles. The molecule has 0 radical (unpaired) electrons. The number of piperazine rings is 1. The lowest BCUT2D eigenvalue weighted by Crippen LogP contribution is -2.47. The molecule has 3 N–H and O–H groups in total. The van der Waals surface area contributed by atoms with E-state index in [1.165, 1.54) is 0 Å². The zero-order chi connectivity index (χ0) is 23.0. The van der Waals surface area contributed by atoms with Gasteiger partial charge in [-0.3, -0.25) is 4.90 Å². The molecule has 1 saturated heterocycles. The molecular weight excluding hydrogens is 533 g/mol. The summed E-state index contributed by atoms with van der Waals surface area (Å²) in [6.07, 6.45) is 4.60. The first-order chi connectivity index (χ1) is 15.4. The van der Waals surface area contributed by atoms with E-state index in [1.54, 1.807) is 19.3 Å². The molecular formula is C23H38IN7O2. The number of aryl methyl sites for hydroxylation is 2. The van der Waals surface area contributed by atoms with E-state index >= 15 is 0 Å². The van der Waals surface area contributed by atoms with Crippen LogP contribution in [0.3, 0.4) is 0 Å². The second-order valence-corrected chi connectivity index (χ2v) is 8.45. The van der Waals surface area contributed by atoms with Crippen LogP contribution in [-0.2, 0) is 5.60 Å². The van der Waals surface area contributed by atoms with Crippen LogP contribution in [0.2, 0.25) is 0 Å². The van der Waals surface area contributed by atoms with Crippen LogP contribution in [-0.4, -0.2) is 78.3 Å². The predicted octanol–water partition coefficient (Wildman–Crippen LogP) is 2.28. The first-order valence-corrected chi connectivity index (χ1v) is 11.5. The van der Waals surface area contributed by atoms with Gasteiger partial charge in [0.2, 0.25) is 5.95 Å². The number of rotatable bonds is 9. The number of aliphatic hydroxyl groups is 1. The van der Waals surface area contributed by atoms with E-state index in [9.17, 15) is 5.11 Å². The van der Waals surface area contributed by atoms with Gasteiger partial charge in [-0.05, 0) is 52.8 Å². The molecule has 1 aliphatic rings. The first kappa shape index (κ1) is 27.3. The highest BCUT2D eigenvalue weighted by Crippen LogP contribution is 2.27. The van der Waals surface area contributed by atoms with Crippen molar-refractivity contribution in [2.75, 3.05) is 57.3 Å². The summed E-state index contributed by atoms with van der Waals surface area (Å²) in [4.78, 5) is 18.0. The van der Waals surface area contributed by atoms with E-state index < -0.39 is 5.60 Å². The third-order valence-corrected chi connectivity index (χ3v) is 5.66. The van der Waals surface area contributed by atoms with Crippen LogP contribution in [0.25, 0.3) is 0 Å². The number of halogens is 1. The van der Waals surface area contributed by atoms with Gasteiger partial charge in [0.25, 0.3) is 0 Å². The molecule has 1 atom stereocenters. The number of aliphatic imine (C=N–C) groups is 1. The first-order valence-electron chi connectivity index (χ1n) is 11.5. The topological polar surface area (TPSA) is 102 Å². The normalized spacial score (nSPS) is 16.8. The van der Waals surface area contributed by atoms with Crippen molar-refractivity contribution >= 4 is 35.9 Å². The van der Waals surface area contributed by atoms with Gasteiger partial charge in [-0.1, -0.05) is 0 Å². The molecule has 3 rings (SSSR count). The Labute approximate surface area is 214 Å². The van der Waals surface area contributed by atoms with Gasteiger partial charge in [0, 0.05) is 57.2 Å². The Balaban J connectivity index is 0.00000385. The fourth-order valence-corrected chi connectivity index (χ4v) is 3.96. The van der Waals surface area contributed by atoms with Crippen molar-refractivity contribution in [1.82, 2.24) is 25.5 Å². The minimum absolute atomic E-state index is 0. The Bertz CT molecular complexity index is 865. The van der Waals surface area contributed by atoms with Crippen LogP contribution in [0.4, 0.5) is 5.95 Å². The van der Waals surface area contributed by atoms with Gasteiger partial charge in [-0.15, -0.1) is 24.0 Å². The molecule has 0 aliphatic carbocycles. The maximum absolute atomic E-state index is 10.9. The fraction of sp³-hybridized carbons (Fsp3) is 0.609. The number of anilines is 1. The summed E-state index contributed by atoms with van der Waals surface area (Å²) >= 11 is 0. The summed E-state index contributed by atoms with van der Waals surface area (Å²) in [7, 11) is 0. The molecule has 1 aliphatic heterocycles. The quantitative estimate of drug-likeness (QED) is 0.183. The molecule has 0 amide bonds. The number of guanidine groups is 1. The molecule has 2 aromatic heterocycles. The smallest absolute Gasteiger partial charge is 0.225 e. The Kier molecular flexibility index (Phi) is 10.8. The second-order valence-electron chi connectivity index (χ2n) is 8.45. The zero-order valence-electron chi connectivity index (χ0n) is 20.2. The standard InChI is InChI=1S/C23H37N7O2.HI/c1-5-24-21(28-17-23(4,31)20-16-18(2)32-19(20)3)25-10-7-11-29-12-14-30(15-13-29)22-26-8-6-9-27-22;/h6,8-9,16,31H,5,7,10-15,17H2,1-4H3,(H2,24,25,28);1H. The zero-order valence-corrected chi connectivity index (χ0v) is 22.5. The number of furan rings is 1. The SMILES string of the molecule is CCNC(=NCC(C)(O)c1cc(C)oc1C)NCCCN1CCN(c2ncccn2)CC1.I. The van der Waals surface area contributed by atoms with Crippen LogP contribution >= 0.6 is 24.0 Å². The van der Waals surface area contributed by atoms with Gasteiger partial charge >= 0.3 is 0 Å². The third kappa shape index (κ3) is 8.11. The number of hydrogen-bond acceptors (Lipinski definition) is 7. The largest absolute Gasteiger partial charge is 0.466 e. The summed E-state index contributed by atoms with van der Waals surface area (Å²) in [5, 5.41) is 17.5. The average Bonchev–Trinajstić information content (AvgIpc) is 3.15. The lowest BCUT2D eigenvalue weighted by atomic mass is 9.96. The minimum Gasteiger partial charge on any atom is -0.466 e. The highest BCUT2D eigenvalue weighted by atomic mass is 127. The van der Waals surface area contributed by atoms with E-state index in [-0.39, 0.29) is 30.5 Å². The Morgan fingerprint density at radius 2 is 1.88 bits per heavy atom. The Morgan fingerprint density at radius 3 is 2.48 bits per heavy atom. The molecule has 0 bridgehead atoms. The van der Waals surface area contributed by atoms with Crippen LogP contribution in [0.15, 0.2) is 33.9 Å². The molecule has 33 heavy (non-hydrogen) atoms. The van der Waals surface area contributed by atoms with Gasteiger partial charge in [0.05, 0.1) is 6.54 Å². The highest BCUT2D eigenvalue weighted by molar-refractivity contribution is 14.0. The summed E-state index contributed by atoms with van der Waals surface area (Å²) in [5.74, 6) is 3.07. The lowest BCUT2D eigenvalue weighted by Gasteiger charge is -2.34. The number of nitrogens with zero attached hydrogens (tertiary/aromatic N) is 5. The van der Waals surface area contributed by atoms with Crippen molar-refractivity contribution in [3.63, 3.8) is 0 Å². The molecule has 10 heteroatoms. The fourth-order valence-electron chi connectivity index (χ4n) is 3.96. The van der Waals surface area contributed by atoms with Gasteiger partial charge in [0.15, 0.2) is 5.96 Å². The van der Waals surface area contributed by atoms with Crippen molar-refractivity contribution in [1.29, 1.82) is 0 Å². The van der Waals surface area contributed by atoms with Crippen molar-refractivity contribution in [2.24, 2.45) is 4.99 Å². The van der Waals surface area contributed by atoms with Gasteiger partial charge in [-0.25, -0.2) is 15.0 Å². The van der Waals surface area contributed by atoms with Crippen molar-refractivity contribution in [3.05, 3.63) is 41.6 Å². The molecule has 1 unspecified atom stereocenters. The molecule has 2 aromatic rings. The monoisotopic (exact) mass is 571 g/mol. The maximum atomic E-state index is 10.9. The second kappa shape index (κ2) is 13.1. The lowest BCUT2D eigenvalue weighted by molar-refractivity contribution is 0.0657. The minimum atomic E-state index is -1.08. The Morgan fingerprint density at radius 1 is 1.18 bits per heavy atom. The predicted molar refractivity (Wildman–Crippen MR) is 142 cm³/mol. The summed E-state index contributed by atoms with van der Waals surface area (Å²) in [6, 6.07) is 3.73. The van der Waals surface area contributed by atoms with E-state index in [2.05, 4.69) is 35.4 Å². The molecule has 0 saturated carbocycles. The van der Waals surface area contributed by atoms with E-state index in [1.807, 2.05) is 32.9 Å². The van der Waals surface area contributed by atoms with Crippen LogP contribution in [0.5, 0.6) is 0 Å². The van der Waals surface area contributed by atoms with Crippen molar-refractivity contribution in [3.8, 4) is 0 Å². The van der Waals surface area contributed by atoms with Gasteiger partial charge < -0.3 is 25.1 Å². The van der Waals surface area contributed by atoms with E-state index in [4.69, 9.17) is 4.42 Å². The summed E-state index contributed by atoms with van der Waals surface area (Å²) in [5.41, 5.74) is -0.290. The summed E-state index contributed by atoms with van der Waals surface area (Å²) in [6.45, 7) is 14.4. The van der Waals surface area contributed by atoms with Crippen molar-refractivity contribution in [2.45, 2.75) is 39.7 Å². The highest BCUT2D eigenvalue weighted by Gasteiger charge is 2.27. The van der Waals surface area contributed by atoms with Gasteiger partial charge in [0.1, 0.15) is 17.1 Å². The molecule has 184 valence electrons. The number of nitrogens with one attached hydrogen (secondary N) is 2. The Hall–Kier alpha value is -1.92. The number of aromatic nitrogens is 2. The molecule has 0 spiro atoms. The molecule has 3 heterocycles. The van der Waals surface area contributed by atoms with E-state index in [0.29, 0.717) is 0 Å². The van der Waals surface area contributed by atoms with Crippen LogP contribution < -0.4 is 15.5 Å². The van der Waals surface area contributed by atoms with Crippen LogP contribution in [0.1, 0.15) is 37.4 Å². The maximum Gasteiger partial charge on any atom is 0.225 e. The van der Waals surface area contributed by atoms with Gasteiger partial charge in [-0.2, -0.15) is 0 Å². The number of hydrogen-bond donors (Lipinski definition) is 3. The third-order valence-electron chi connectivity index (χ3n) is 5.66. The van der Waals surface area contributed by atoms with Crippen LogP contribution in [0, 0.1) is 13.8 Å². The molecule has 1 fully saturated rings. The molecule has 9 nitrogen and oxygen atoms in total.